The van der Waals surface area contributed by atoms with Crippen LogP contribution >= 0.6 is 11.6 Å². The first-order valence-electron chi connectivity index (χ1n) is 6.24. The summed E-state index contributed by atoms with van der Waals surface area (Å²) < 4.78 is 26.6. The highest BCUT2D eigenvalue weighted by Crippen LogP contribution is 2.31. The Labute approximate surface area is 132 Å². The lowest BCUT2D eigenvalue weighted by molar-refractivity contribution is -0.387. The quantitative estimate of drug-likeness (QED) is 0.572. The molecule has 0 aromatic heterocycles. The van der Waals surface area contributed by atoms with E-state index in [0.717, 1.165) is 6.07 Å². The van der Waals surface area contributed by atoms with Gasteiger partial charge in [-0.2, -0.15) is 4.72 Å². The number of carboxylic acids is 1. The molecular weight excluding hydrogens is 336 g/mol. The summed E-state index contributed by atoms with van der Waals surface area (Å²) in [5.41, 5.74) is -0.714. The normalized spacial score (nSPS) is 13.1. The van der Waals surface area contributed by atoms with Crippen LogP contribution < -0.4 is 4.72 Å². The summed E-state index contributed by atoms with van der Waals surface area (Å²) in [5.74, 6) is -1.46. The number of carboxylic acid groups (broad SMARTS) is 1. The Morgan fingerprint density at radius 3 is 2.50 bits per heavy atom. The molecule has 122 valence electrons. The number of halogens is 1. The topological polar surface area (TPSA) is 127 Å². The summed E-state index contributed by atoms with van der Waals surface area (Å²) in [5, 5.41) is 19.7. The minimum Gasteiger partial charge on any atom is -0.480 e. The predicted octanol–water partition coefficient (Wildman–Crippen LogP) is 2.03. The second-order valence-corrected chi connectivity index (χ2v) is 7.04. The maximum atomic E-state index is 12.3. The zero-order chi connectivity index (χ0) is 17.1. The number of aliphatic carboxylic acids is 1. The van der Waals surface area contributed by atoms with Gasteiger partial charge in [-0.1, -0.05) is 31.5 Å². The van der Waals surface area contributed by atoms with E-state index in [9.17, 15) is 23.3 Å². The van der Waals surface area contributed by atoms with Crippen LogP contribution in [-0.4, -0.2) is 30.5 Å². The van der Waals surface area contributed by atoms with Gasteiger partial charge < -0.3 is 5.11 Å². The maximum absolute atomic E-state index is 12.3. The number of hydrogen-bond donors (Lipinski definition) is 2. The molecule has 0 spiro atoms. The number of nitro groups is 1. The van der Waals surface area contributed by atoms with E-state index in [2.05, 4.69) is 0 Å². The zero-order valence-electron chi connectivity index (χ0n) is 11.8. The molecule has 0 heterocycles. The molecule has 0 fully saturated rings. The molecule has 0 unspecified atom stereocenters. The van der Waals surface area contributed by atoms with Gasteiger partial charge in [-0.3, -0.25) is 14.9 Å². The van der Waals surface area contributed by atoms with Gasteiger partial charge in [0.05, 0.1) is 9.95 Å². The van der Waals surface area contributed by atoms with Crippen LogP contribution in [0.5, 0.6) is 0 Å². The van der Waals surface area contributed by atoms with E-state index in [1.807, 2.05) is 4.72 Å². The van der Waals surface area contributed by atoms with Crippen LogP contribution in [0.1, 0.15) is 20.3 Å². The maximum Gasteiger partial charge on any atom is 0.321 e. The van der Waals surface area contributed by atoms with E-state index < -0.39 is 37.5 Å². The fourth-order valence-electron chi connectivity index (χ4n) is 1.82. The summed E-state index contributed by atoms with van der Waals surface area (Å²) in [7, 11) is -4.46. The number of nitrogens with one attached hydrogen (secondary N) is 1. The molecule has 0 aliphatic carbocycles. The summed E-state index contributed by atoms with van der Waals surface area (Å²) in [4.78, 5) is 20.5. The molecule has 10 heteroatoms. The Morgan fingerprint density at radius 1 is 1.45 bits per heavy atom. The summed E-state index contributed by atoms with van der Waals surface area (Å²) in [6.07, 6.45) is 0.0345. The molecule has 2 N–H and O–H groups in total. The van der Waals surface area contributed by atoms with Crippen molar-refractivity contribution in [3.05, 3.63) is 33.3 Å². The minimum atomic E-state index is -4.46. The van der Waals surface area contributed by atoms with Crippen molar-refractivity contribution in [1.82, 2.24) is 4.72 Å². The van der Waals surface area contributed by atoms with Gasteiger partial charge in [-0.25, -0.2) is 8.42 Å². The highest BCUT2D eigenvalue weighted by Gasteiger charge is 2.33. The first kappa shape index (κ1) is 18.3. The Bertz CT molecular complexity index is 689. The molecule has 0 saturated heterocycles. The Hall–Kier alpha value is -1.71. The van der Waals surface area contributed by atoms with Gasteiger partial charge in [-0.15, -0.1) is 0 Å². The highest BCUT2D eigenvalue weighted by atomic mass is 35.5. The second-order valence-electron chi connectivity index (χ2n) is 4.99. The molecule has 22 heavy (non-hydrogen) atoms. The molecule has 1 atom stereocenters. The summed E-state index contributed by atoms with van der Waals surface area (Å²) in [6, 6.07) is 2.00. The van der Waals surface area contributed by atoms with Crippen molar-refractivity contribution in [1.29, 1.82) is 0 Å². The number of rotatable bonds is 7. The molecule has 8 nitrogen and oxygen atoms in total. The van der Waals surface area contributed by atoms with Crippen molar-refractivity contribution in [3.63, 3.8) is 0 Å². The monoisotopic (exact) mass is 350 g/mol. The van der Waals surface area contributed by atoms with Crippen molar-refractivity contribution in [2.75, 3.05) is 0 Å². The molecule has 0 radical (unpaired) electrons. The largest absolute Gasteiger partial charge is 0.480 e. The van der Waals surface area contributed by atoms with Crippen molar-refractivity contribution < 1.29 is 23.2 Å². The number of carbonyl (C=O) groups is 1. The lowest BCUT2D eigenvalue weighted by Crippen LogP contribution is -2.41. The standard InChI is InChI=1S/C12H15ClN2O6S/c1-7(2)6-9(12(16)17)14-22(20,21)11-8(13)4-3-5-10(11)15(18)19/h3-5,7,9,14H,6H2,1-2H3,(H,16,17)/t9-/m0/s1. The molecule has 0 aliphatic rings. The van der Waals surface area contributed by atoms with Crippen molar-refractivity contribution in [2.45, 2.75) is 31.2 Å². The van der Waals surface area contributed by atoms with Gasteiger partial charge in [0.15, 0.2) is 4.90 Å². The summed E-state index contributed by atoms with van der Waals surface area (Å²) in [6.45, 7) is 3.45. The van der Waals surface area contributed by atoms with E-state index in [4.69, 9.17) is 16.7 Å². The van der Waals surface area contributed by atoms with Crippen LogP contribution in [0.2, 0.25) is 5.02 Å². The molecule has 1 aromatic rings. The fourth-order valence-corrected chi connectivity index (χ4v) is 3.73. The molecule has 0 aliphatic heterocycles. The number of nitro benzene ring substituents is 1. The van der Waals surface area contributed by atoms with E-state index in [1.54, 1.807) is 13.8 Å². The van der Waals surface area contributed by atoms with Gasteiger partial charge >= 0.3 is 5.97 Å². The average molecular weight is 351 g/mol. The summed E-state index contributed by atoms with van der Waals surface area (Å²) >= 11 is 5.76. The van der Waals surface area contributed by atoms with Gasteiger partial charge in [-0.05, 0) is 18.4 Å². The molecule has 1 aromatic carbocycles. The molecule has 0 amide bonds. The van der Waals surface area contributed by atoms with E-state index >= 15 is 0 Å². The van der Waals surface area contributed by atoms with Gasteiger partial charge in [0.1, 0.15) is 6.04 Å². The number of nitrogens with zero attached hydrogens (tertiary/aromatic N) is 1. The molecule has 0 saturated carbocycles. The average Bonchev–Trinajstić information content (AvgIpc) is 2.36. The van der Waals surface area contributed by atoms with E-state index in [0.29, 0.717) is 0 Å². The van der Waals surface area contributed by atoms with Crippen LogP contribution in [0, 0.1) is 16.0 Å². The SMILES string of the molecule is CC(C)C[C@H](NS(=O)(=O)c1c(Cl)cccc1[N+](=O)[O-])C(=O)O. The molecule has 0 bridgehead atoms. The van der Waals surface area contributed by atoms with E-state index in [1.165, 1.54) is 12.1 Å². The van der Waals surface area contributed by atoms with Crippen LogP contribution in [0.25, 0.3) is 0 Å². The lowest BCUT2D eigenvalue weighted by atomic mass is 10.1. The Balaban J connectivity index is 3.30. The second kappa shape index (κ2) is 7.03. The van der Waals surface area contributed by atoms with Crippen molar-refractivity contribution >= 4 is 33.3 Å². The van der Waals surface area contributed by atoms with Crippen LogP contribution in [0.3, 0.4) is 0 Å². The van der Waals surface area contributed by atoms with E-state index in [-0.39, 0.29) is 17.4 Å². The highest BCUT2D eigenvalue weighted by molar-refractivity contribution is 7.89. The van der Waals surface area contributed by atoms with Gasteiger partial charge in [0, 0.05) is 6.07 Å². The number of hydrogen-bond acceptors (Lipinski definition) is 5. The van der Waals surface area contributed by atoms with Crippen LogP contribution in [-0.2, 0) is 14.8 Å². The van der Waals surface area contributed by atoms with Crippen molar-refractivity contribution in [3.8, 4) is 0 Å². The Kier molecular flexibility index (Phi) is 5.86. The lowest BCUT2D eigenvalue weighted by Gasteiger charge is -2.17. The first-order chi connectivity index (χ1) is 10.1. The third kappa shape index (κ3) is 4.39. The van der Waals surface area contributed by atoms with Crippen LogP contribution in [0.4, 0.5) is 5.69 Å². The smallest absolute Gasteiger partial charge is 0.321 e. The van der Waals surface area contributed by atoms with Crippen molar-refractivity contribution in [2.24, 2.45) is 5.92 Å². The molecule has 1 rings (SSSR count). The Morgan fingerprint density at radius 2 is 2.05 bits per heavy atom. The van der Waals surface area contributed by atoms with Crippen LogP contribution in [0.15, 0.2) is 23.1 Å². The first-order valence-corrected chi connectivity index (χ1v) is 8.10. The predicted molar refractivity (Wildman–Crippen MR) is 79.3 cm³/mol. The third-order valence-corrected chi connectivity index (χ3v) is 4.70. The third-order valence-electron chi connectivity index (χ3n) is 2.71. The van der Waals surface area contributed by atoms with Gasteiger partial charge in [0.25, 0.3) is 5.69 Å². The number of sulfonamides is 1. The van der Waals surface area contributed by atoms with Gasteiger partial charge in [0.2, 0.25) is 10.0 Å². The zero-order valence-corrected chi connectivity index (χ0v) is 13.4. The fraction of sp³-hybridized carbons (Fsp3) is 0.417. The molecular formula is C12H15ClN2O6S. The number of benzene rings is 1. The minimum absolute atomic E-state index is 0.0345.